The minimum atomic E-state index is 0.539. The molecule has 0 saturated carbocycles. The largest absolute Gasteiger partial charge is 0.492 e. The summed E-state index contributed by atoms with van der Waals surface area (Å²) < 4.78 is 7.66. The van der Waals surface area contributed by atoms with Crippen LogP contribution < -0.4 is 15.4 Å². The summed E-state index contributed by atoms with van der Waals surface area (Å²) in [4.78, 5) is 13.0. The van der Waals surface area contributed by atoms with Crippen molar-refractivity contribution in [3.05, 3.63) is 85.1 Å². The summed E-state index contributed by atoms with van der Waals surface area (Å²) in [5, 5.41) is 6.55. The van der Waals surface area contributed by atoms with E-state index in [2.05, 4.69) is 25.6 Å². The van der Waals surface area contributed by atoms with Crippen LogP contribution in [0.4, 0.5) is 17.5 Å². The highest BCUT2D eigenvalue weighted by Crippen LogP contribution is 2.18. The second-order valence-corrected chi connectivity index (χ2v) is 6.46. The van der Waals surface area contributed by atoms with Crippen LogP contribution in [0.5, 0.6) is 5.75 Å². The number of hydrogen-bond acceptors (Lipinski definition) is 6. The van der Waals surface area contributed by atoms with Gasteiger partial charge in [-0.15, -0.1) is 0 Å². The molecular formula is C22H22N6O. The minimum absolute atomic E-state index is 0.539. The number of anilines is 3. The fraction of sp³-hybridized carbons (Fsp3) is 0.136. The van der Waals surface area contributed by atoms with Crippen molar-refractivity contribution in [3.63, 3.8) is 0 Å². The predicted molar refractivity (Wildman–Crippen MR) is 114 cm³/mol. The van der Waals surface area contributed by atoms with Gasteiger partial charge in [0.2, 0.25) is 5.95 Å². The first-order valence-electron chi connectivity index (χ1n) is 9.39. The van der Waals surface area contributed by atoms with Crippen LogP contribution in [0, 0.1) is 6.92 Å². The zero-order chi connectivity index (χ0) is 19.9. The van der Waals surface area contributed by atoms with Gasteiger partial charge in [0.05, 0.1) is 12.9 Å². The maximum absolute atomic E-state index is 5.71. The van der Waals surface area contributed by atoms with Gasteiger partial charge in [-0.1, -0.05) is 18.2 Å². The third kappa shape index (κ3) is 4.90. The van der Waals surface area contributed by atoms with Crippen LogP contribution in [0.2, 0.25) is 0 Å². The molecular weight excluding hydrogens is 364 g/mol. The number of aromatic nitrogens is 4. The van der Waals surface area contributed by atoms with E-state index in [-0.39, 0.29) is 0 Å². The number of benzene rings is 2. The Hall–Kier alpha value is -3.87. The molecule has 7 heteroatoms. The Labute approximate surface area is 169 Å². The lowest BCUT2D eigenvalue weighted by Crippen LogP contribution is -2.14. The van der Waals surface area contributed by atoms with E-state index in [1.165, 1.54) is 0 Å². The number of ether oxygens (including phenoxy) is 1. The van der Waals surface area contributed by atoms with Gasteiger partial charge in [-0.3, -0.25) is 0 Å². The fourth-order valence-corrected chi connectivity index (χ4v) is 2.79. The van der Waals surface area contributed by atoms with E-state index in [9.17, 15) is 0 Å². The van der Waals surface area contributed by atoms with Crippen LogP contribution in [-0.2, 0) is 0 Å². The highest BCUT2D eigenvalue weighted by molar-refractivity contribution is 5.57. The summed E-state index contributed by atoms with van der Waals surface area (Å²) in [5.41, 5.74) is 2.93. The number of para-hydroxylation sites is 1. The zero-order valence-corrected chi connectivity index (χ0v) is 16.1. The molecule has 0 aliphatic carbocycles. The molecule has 0 saturated heterocycles. The molecule has 2 heterocycles. The Bertz CT molecular complexity index is 1030. The van der Waals surface area contributed by atoms with Gasteiger partial charge in [0, 0.05) is 35.5 Å². The first kappa shape index (κ1) is 18.5. The van der Waals surface area contributed by atoms with Crippen molar-refractivity contribution in [1.82, 2.24) is 19.5 Å². The zero-order valence-electron chi connectivity index (χ0n) is 16.1. The van der Waals surface area contributed by atoms with Gasteiger partial charge in [0.25, 0.3) is 0 Å². The van der Waals surface area contributed by atoms with E-state index in [0.717, 1.165) is 28.5 Å². The highest BCUT2D eigenvalue weighted by Gasteiger charge is 2.05. The standard InChI is InChI=1S/C22H22N6O/c1-17-15-25-22(26-18-7-9-19(10-8-18)28-13-11-23-16-28)27-21(17)24-12-14-29-20-5-3-2-4-6-20/h2-11,13,15-16H,12,14H2,1H3,(H2,24,25,26,27). The molecule has 0 amide bonds. The molecule has 146 valence electrons. The summed E-state index contributed by atoms with van der Waals surface area (Å²) in [7, 11) is 0. The molecule has 4 aromatic rings. The number of rotatable bonds is 8. The summed E-state index contributed by atoms with van der Waals surface area (Å²) in [6.07, 6.45) is 7.23. The molecule has 0 atom stereocenters. The number of nitrogens with zero attached hydrogens (tertiary/aromatic N) is 4. The molecule has 0 unspecified atom stereocenters. The lowest BCUT2D eigenvalue weighted by Gasteiger charge is -2.12. The van der Waals surface area contributed by atoms with Crippen molar-refractivity contribution in [1.29, 1.82) is 0 Å². The quantitative estimate of drug-likeness (QED) is 0.442. The Morgan fingerprint density at radius 2 is 1.86 bits per heavy atom. The highest BCUT2D eigenvalue weighted by atomic mass is 16.5. The summed E-state index contributed by atoms with van der Waals surface area (Å²) in [6.45, 7) is 3.17. The van der Waals surface area contributed by atoms with E-state index in [4.69, 9.17) is 4.74 Å². The lowest BCUT2D eigenvalue weighted by atomic mass is 10.3. The van der Waals surface area contributed by atoms with Gasteiger partial charge in [-0.2, -0.15) is 4.98 Å². The Balaban J connectivity index is 1.35. The van der Waals surface area contributed by atoms with Crippen molar-refractivity contribution in [2.45, 2.75) is 6.92 Å². The van der Waals surface area contributed by atoms with Crippen molar-refractivity contribution >= 4 is 17.5 Å². The van der Waals surface area contributed by atoms with Crippen molar-refractivity contribution in [2.24, 2.45) is 0 Å². The molecule has 0 spiro atoms. The van der Waals surface area contributed by atoms with E-state index >= 15 is 0 Å². The summed E-state index contributed by atoms with van der Waals surface area (Å²) in [5.74, 6) is 2.18. The SMILES string of the molecule is Cc1cnc(Nc2ccc(-n3ccnc3)cc2)nc1NCCOc1ccccc1. The average Bonchev–Trinajstić information content (AvgIpc) is 3.29. The minimum Gasteiger partial charge on any atom is -0.492 e. The van der Waals surface area contributed by atoms with Crippen LogP contribution >= 0.6 is 0 Å². The summed E-state index contributed by atoms with van der Waals surface area (Å²) in [6, 6.07) is 17.8. The van der Waals surface area contributed by atoms with E-state index < -0.39 is 0 Å². The third-order valence-corrected chi connectivity index (χ3v) is 4.30. The number of imidazole rings is 1. The van der Waals surface area contributed by atoms with Gasteiger partial charge in [0.1, 0.15) is 18.2 Å². The molecule has 2 aromatic heterocycles. The van der Waals surface area contributed by atoms with Crippen LogP contribution in [0.3, 0.4) is 0 Å². The van der Waals surface area contributed by atoms with Gasteiger partial charge < -0.3 is 19.9 Å². The van der Waals surface area contributed by atoms with Gasteiger partial charge in [-0.25, -0.2) is 9.97 Å². The molecule has 0 bridgehead atoms. The Morgan fingerprint density at radius 1 is 1.03 bits per heavy atom. The maximum Gasteiger partial charge on any atom is 0.229 e. The molecule has 0 aliphatic heterocycles. The van der Waals surface area contributed by atoms with Gasteiger partial charge >= 0.3 is 0 Å². The number of hydrogen-bond donors (Lipinski definition) is 2. The first-order valence-corrected chi connectivity index (χ1v) is 9.39. The maximum atomic E-state index is 5.71. The average molecular weight is 386 g/mol. The van der Waals surface area contributed by atoms with Crippen molar-refractivity contribution in [2.75, 3.05) is 23.8 Å². The van der Waals surface area contributed by atoms with E-state index in [1.807, 2.05) is 72.3 Å². The van der Waals surface area contributed by atoms with Crippen LogP contribution in [0.1, 0.15) is 5.56 Å². The number of aryl methyl sites for hydroxylation is 1. The van der Waals surface area contributed by atoms with Crippen molar-refractivity contribution in [3.8, 4) is 11.4 Å². The topological polar surface area (TPSA) is 76.9 Å². The molecule has 0 radical (unpaired) electrons. The van der Waals surface area contributed by atoms with Crippen LogP contribution in [-0.4, -0.2) is 32.7 Å². The second-order valence-electron chi connectivity index (χ2n) is 6.46. The van der Waals surface area contributed by atoms with Crippen molar-refractivity contribution < 1.29 is 4.74 Å². The Kier molecular flexibility index (Phi) is 5.66. The summed E-state index contributed by atoms with van der Waals surface area (Å²) >= 11 is 0. The molecule has 4 rings (SSSR count). The number of nitrogens with one attached hydrogen (secondary N) is 2. The van der Waals surface area contributed by atoms with Gasteiger partial charge in [0.15, 0.2) is 0 Å². The van der Waals surface area contributed by atoms with Crippen LogP contribution in [0.25, 0.3) is 5.69 Å². The van der Waals surface area contributed by atoms with Crippen LogP contribution in [0.15, 0.2) is 79.5 Å². The molecule has 7 nitrogen and oxygen atoms in total. The van der Waals surface area contributed by atoms with Gasteiger partial charge in [-0.05, 0) is 43.3 Å². The lowest BCUT2D eigenvalue weighted by molar-refractivity contribution is 0.332. The predicted octanol–water partition coefficient (Wildman–Crippen LogP) is 4.21. The smallest absolute Gasteiger partial charge is 0.229 e. The van der Waals surface area contributed by atoms with E-state index in [1.54, 1.807) is 18.7 Å². The monoisotopic (exact) mass is 386 g/mol. The second kappa shape index (κ2) is 8.88. The molecule has 0 fully saturated rings. The molecule has 2 N–H and O–H groups in total. The first-order chi connectivity index (χ1) is 14.3. The van der Waals surface area contributed by atoms with E-state index in [0.29, 0.717) is 19.1 Å². The molecule has 2 aromatic carbocycles. The normalized spacial score (nSPS) is 10.5. The molecule has 0 aliphatic rings. The Morgan fingerprint density at radius 3 is 2.62 bits per heavy atom. The molecule has 29 heavy (non-hydrogen) atoms. The third-order valence-electron chi connectivity index (χ3n) is 4.30. The fourth-order valence-electron chi connectivity index (χ4n) is 2.79.